The van der Waals surface area contributed by atoms with Crippen molar-refractivity contribution in [2.24, 2.45) is 0 Å². The quantitative estimate of drug-likeness (QED) is 0.635. The molecule has 0 unspecified atom stereocenters. The molecule has 0 saturated carbocycles. The first-order valence-corrected chi connectivity index (χ1v) is 8.63. The number of para-hydroxylation sites is 1. The number of aromatic nitrogens is 1. The molecule has 3 rings (SSSR count). The fourth-order valence-electron chi connectivity index (χ4n) is 2.58. The zero-order valence-corrected chi connectivity index (χ0v) is 15.4. The number of benzene rings is 2. The van der Waals surface area contributed by atoms with E-state index in [1.165, 1.54) is 13.8 Å². The number of carbonyl (C=O) groups excluding carboxylic acids is 3. The molecule has 144 valence electrons. The first-order chi connectivity index (χ1) is 13.4. The number of hydrogen-bond donors (Lipinski definition) is 2. The van der Waals surface area contributed by atoms with Gasteiger partial charge < -0.3 is 19.9 Å². The Morgan fingerprint density at radius 3 is 2.36 bits per heavy atom. The molecule has 0 aliphatic heterocycles. The molecule has 2 aromatic carbocycles. The summed E-state index contributed by atoms with van der Waals surface area (Å²) in [6, 6.07) is 13.8. The second-order valence-corrected chi connectivity index (χ2v) is 6.18. The fourth-order valence-corrected chi connectivity index (χ4v) is 2.58. The van der Waals surface area contributed by atoms with Gasteiger partial charge in [-0.15, -0.1) is 0 Å². The molecule has 1 heterocycles. The van der Waals surface area contributed by atoms with Crippen LogP contribution < -0.4 is 10.6 Å². The number of nitrogens with zero attached hydrogens (tertiary/aromatic N) is 1. The fraction of sp³-hybridized carbons (Fsp3) is 0.200. The summed E-state index contributed by atoms with van der Waals surface area (Å²) in [5.41, 5.74) is 2.18. The summed E-state index contributed by atoms with van der Waals surface area (Å²) in [5.74, 6) is -1.23. The number of fused-ring (bicyclic) bond motifs is 1. The summed E-state index contributed by atoms with van der Waals surface area (Å²) in [6.07, 6.45) is -1.08. The molecule has 1 aromatic heterocycles. The normalized spacial score (nSPS) is 11.6. The molecule has 0 aliphatic rings. The maximum absolute atomic E-state index is 12.2. The first kappa shape index (κ1) is 19.1. The van der Waals surface area contributed by atoms with Crippen LogP contribution in [0.4, 0.5) is 11.4 Å². The average molecular weight is 381 g/mol. The molecule has 0 bridgehead atoms. The summed E-state index contributed by atoms with van der Waals surface area (Å²) < 4.78 is 10.3. The Hall–Kier alpha value is -3.68. The van der Waals surface area contributed by atoms with Crippen molar-refractivity contribution in [1.29, 1.82) is 0 Å². The minimum Gasteiger partial charge on any atom is -0.452 e. The maximum atomic E-state index is 12.2. The molecule has 28 heavy (non-hydrogen) atoms. The van der Waals surface area contributed by atoms with Crippen molar-refractivity contribution < 1.29 is 23.6 Å². The summed E-state index contributed by atoms with van der Waals surface area (Å²) >= 11 is 0. The number of esters is 1. The van der Waals surface area contributed by atoms with Crippen molar-refractivity contribution in [3.63, 3.8) is 0 Å². The molecule has 2 amide bonds. The molecular formula is C20H19N3O5. The second kappa shape index (κ2) is 8.34. The zero-order chi connectivity index (χ0) is 20.1. The van der Waals surface area contributed by atoms with Gasteiger partial charge in [-0.1, -0.05) is 17.3 Å². The lowest BCUT2D eigenvalue weighted by Crippen LogP contribution is -2.30. The van der Waals surface area contributed by atoms with Crippen LogP contribution in [0.3, 0.4) is 0 Å². The smallest absolute Gasteiger partial charge is 0.312 e. The minimum atomic E-state index is -0.985. The van der Waals surface area contributed by atoms with Crippen LogP contribution >= 0.6 is 0 Å². The predicted octanol–water partition coefficient (Wildman–Crippen LogP) is 2.90. The number of ether oxygens (including phenoxy) is 1. The molecule has 0 aliphatic carbocycles. The lowest BCUT2D eigenvalue weighted by atomic mass is 10.2. The summed E-state index contributed by atoms with van der Waals surface area (Å²) in [6.45, 7) is 2.90. The van der Waals surface area contributed by atoms with E-state index in [4.69, 9.17) is 9.26 Å². The predicted molar refractivity (Wildman–Crippen MR) is 103 cm³/mol. The summed E-state index contributed by atoms with van der Waals surface area (Å²) in [5, 5.41) is 9.90. The third kappa shape index (κ3) is 4.73. The van der Waals surface area contributed by atoms with Gasteiger partial charge in [-0.2, -0.15) is 0 Å². The number of hydrogen-bond acceptors (Lipinski definition) is 6. The molecule has 1 atom stereocenters. The van der Waals surface area contributed by atoms with Gasteiger partial charge in [0.25, 0.3) is 5.91 Å². The Kier molecular flexibility index (Phi) is 5.69. The van der Waals surface area contributed by atoms with Crippen LogP contribution in [0.15, 0.2) is 53.1 Å². The van der Waals surface area contributed by atoms with Gasteiger partial charge in [0.2, 0.25) is 5.91 Å². The van der Waals surface area contributed by atoms with Gasteiger partial charge >= 0.3 is 5.97 Å². The summed E-state index contributed by atoms with van der Waals surface area (Å²) in [7, 11) is 0. The van der Waals surface area contributed by atoms with Gasteiger partial charge in [0.15, 0.2) is 11.7 Å². The van der Waals surface area contributed by atoms with E-state index in [1.807, 2.05) is 12.1 Å². The number of anilines is 2. The van der Waals surface area contributed by atoms with Gasteiger partial charge in [0.1, 0.15) is 5.69 Å². The van der Waals surface area contributed by atoms with E-state index >= 15 is 0 Å². The van der Waals surface area contributed by atoms with E-state index in [9.17, 15) is 14.4 Å². The standard InChI is InChI=1S/C20H19N3O5/c1-12(20(26)22-15-9-7-14(8-10-15)21-13(2)24)27-19(25)11-17-16-5-3-4-6-18(16)28-23-17/h3-10,12H,11H2,1-2H3,(H,21,24)(H,22,26)/t12-/m0/s1. The Balaban J connectivity index is 1.54. The lowest BCUT2D eigenvalue weighted by molar-refractivity contribution is -0.152. The highest BCUT2D eigenvalue weighted by atomic mass is 16.5. The molecule has 0 radical (unpaired) electrons. The highest BCUT2D eigenvalue weighted by Gasteiger charge is 2.20. The van der Waals surface area contributed by atoms with E-state index in [-0.39, 0.29) is 12.3 Å². The Labute approximate surface area is 160 Å². The van der Waals surface area contributed by atoms with Gasteiger partial charge in [-0.05, 0) is 43.3 Å². The van der Waals surface area contributed by atoms with Gasteiger partial charge in [-0.3, -0.25) is 14.4 Å². The Bertz CT molecular complexity index is 1010. The average Bonchev–Trinajstić information content (AvgIpc) is 3.05. The third-order valence-corrected chi connectivity index (χ3v) is 3.91. The highest BCUT2D eigenvalue weighted by Crippen LogP contribution is 2.19. The van der Waals surface area contributed by atoms with Crippen molar-refractivity contribution in [3.8, 4) is 0 Å². The zero-order valence-electron chi connectivity index (χ0n) is 15.4. The van der Waals surface area contributed by atoms with Crippen LogP contribution in [0.25, 0.3) is 11.0 Å². The summed E-state index contributed by atoms with van der Waals surface area (Å²) in [4.78, 5) is 35.4. The molecule has 0 saturated heterocycles. The van der Waals surface area contributed by atoms with Crippen molar-refractivity contribution in [2.45, 2.75) is 26.4 Å². The van der Waals surface area contributed by atoms with E-state index in [0.717, 1.165) is 5.39 Å². The van der Waals surface area contributed by atoms with Crippen LogP contribution in [0.2, 0.25) is 0 Å². The molecule has 8 heteroatoms. The number of amides is 2. The van der Waals surface area contributed by atoms with E-state index < -0.39 is 18.0 Å². The van der Waals surface area contributed by atoms with Crippen LogP contribution in [0.1, 0.15) is 19.5 Å². The molecule has 8 nitrogen and oxygen atoms in total. The third-order valence-electron chi connectivity index (χ3n) is 3.91. The van der Waals surface area contributed by atoms with Crippen molar-refractivity contribution >= 4 is 40.1 Å². The van der Waals surface area contributed by atoms with Crippen LogP contribution in [0.5, 0.6) is 0 Å². The van der Waals surface area contributed by atoms with E-state index in [1.54, 1.807) is 36.4 Å². The van der Waals surface area contributed by atoms with Crippen LogP contribution in [-0.2, 0) is 25.5 Å². The van der Waals surface area contributed by atoms with Crippen molar-refractivity contribution in [2.75, 3.05) is 10.6 Å². The van der Waals surface area contributed by atoms with E-state index in [0.29, 0.717) is 22.7 Å². The largest absolute Gasteiger partial charge is 0.452 e. The van der Waals surface area contributed by atoms with Crippen LogP contribution in [0, 0.1) is 0 Å². The first-order valence-electron chi connectivity index (χ1n) is 8.63. The maximum Gasteiger partial charge on any atom is 0.312 e. The minimum absolute atomic E-state index is 0.0972. The molecular weight excluding hydrogens is 362 g/mol. The van der Waals surface area contributed by atoms with Crippen molar-refractivity contribution in [3.05, 3.63) is 54.2 Å². The molecule has 0 spiro atoms. The highest BCUT2D eigenvalue weighted by molar-refractivity contribution is 5.96. The number of nitrogens with one attached hydrogen (secondary N) is 2. The second-order valence-electron chi connectivity index (χ2n) is 6.18. The van der Waals surface area contributed by atoms with Gasteiger partial charge in [-0.25, -0.2) is 0 Å². The van der Waals surface area contributed by atoms with Gasteiger partial charge in [0.05, 0.1) is 6.42 Å². The van der Waals surface area contributed by atoms with Gasteiger partial charge in [0, 0.05) is 23.7 Å². The topological polar surface area (TPSA) is 111 Å². The monoisotopic (exact) mass is 381 g/mol. The Morgan fingerprint density at radius 2 is 1.68 bits per heavy atom. The lowest BCUT2D eigenvalue weighted by Gasteiger charge is -2.13. The van der Waals surface area contributed by atoms with E-state index in [2.05, 4.69) is 15.8 Å². The van der Waals surface area contributed by atoms with Crippen LogP contribution in [-0.4, -0.2) is 29.0 Å². The van der Waals surface area contributed by atoms with Crippen molar-refractivity contribution in [1.82, 2.24) is 5.16 Å². The Morgan fingerprint density at radius 1 is 1.04 bits per heavy atom. The number of rotatable bonds is 6. The molecule has 2 N–H and O–H groups in total. The number of carbonyl (C=O) groups is 3. The molecule has 3 aromatic rings. The SMILES string of the molecule is CC(=O)Nc1ccc(NC(=O)[C@H](C)OC(=O)Cc2noc3ccccc23)cc1. The molecule has 0 fully saturated rings.